The molecule has 2 aromatic rings. The Bertz CT molecular complexity index is 1120. The van der Waals surface area contributed by atoms with Crippen LogP contribution < -0.4 is 4.74 Å². The van der Waals surface area contributed by atoms with E-state index in [2.05, 4.69) is 24.5 Å². The Balaban J connectivity index is 1.47. The summed E-state index contributed by atoms with van der Waals surface area (Å²) in [5.74, 6) is 5.15. The molecule has 2 aromatic carbocycles. The quantitative estimate of drug-likeness (QED) is 0.322. The second-order valence-electron chi connectivity index (χ2n) is 9.44. The summed E-state index contributed by atoms with van der Waals surface area (Å²) in [6.45, 7) is 6.15. The second kappa shape index (κ2) is 11.0. The van der Waals surface area contributed by atoms with Crippen LogP contribution in [0.5, 0.6) is 5.75 Å². The highest BCUT2D eigenvalue weighted by Gasteiger charge is 2.36. The fraction of sp³-hybridized carbons (Fsp3) is 0.400. The van der Waals surface area contributed by atoms with Gasteiger partial charge in [-0.05, 0) is 92.9 Å². The van der Waals surface area contributed by atoms with Crippen LogP contribution in [0.2, 0.25) is 0 Å². The Labute approximate surface area is 200 Å². The molecule has 0 aromatic heterocycles. The van der Waals surface area contributed by atoms with Gasteiger partial charge in [-0.2, -0.15) is 0 Å². The van der Waals surface area contributed by atoms with E-state index in [1.807, 2.05) is 19.1 Å². The molecule has 0 N–H and O–H groups in total. The van der Waals surface area contributed by atoms with Gasteiger partial charge >= 0.3 is 0 Å². The maximum Gasteiger partial charge on any atom is 0.174 e. The molecule has 0 saturated heterocycles. The van der Waals surface area contributed by atoms with Crippen molar-refractivity contribution in [3.8, 4) is 17.6 Å². The zero-order valence-electron chi connectivity index (χ0n) is 19.6. The molecule has 34 heavy (non-hydrogen) atoms. The standard InChI is InChI=1S/C30H31F3O/c1-3-5-16-34-26-14-12-21(28(31)19-26)8-9-22-13-15-27(30(33)29(22)32)25-11-10-23-17-20(4-2)6-7-24(23)18-25/h3-5,12-15,19-20,23-25H,2,6-7,10-11,16-18H2,1H3/b5-3+. The maximum absolute atomic E-state index is 15.0. The number of hydrogen-bond acceptors (Lipinski definition) is 1. The van der Waals surface area contributed by atoms with E-state index >= 15 is 4.39 Å². The number of halogens is 3. The van der Waals surface area contributed by atoms with Crippen molar-refractivity contribution in [3.05, 3.63) is 89.3 Å². The van der Waals surface area contributed by atoms with Crippen LogP contribution in [0.3, 0.4) is 0 Å². The summed E-state index contributed by atoms with van der Waals surface area (Å²) in [6, 6.07) is 7.52. The van der Waals surface area contributed by atoms with Crippen LogP contribution in [0.15, 0.2) is 55.1 Å². The van der Waals surface area contributed by atoms with E-state index in [0.717, 1.165) is 32.1 Å². The molecule has 2 fully saturated rings. The first-order chi connectivity index (χ1) is 16.5. The summed E-state index contributed by atoms with van der Waals surface area (Å²) in [6.07, 6.45) is 12.0. The van der Waals surface area contributed by atoms with Crippen LogP contribution in [0, 0.1) is 47.0 Å². The van der Waals surface area contributed by atoms with E-state index < -0.39 is 17.5 Å². The largest absolute Gasteiger partial charge is 0.489 e. The molecule has 0 spiro atoms. The van der Waals surface area contributed by atoms with Crippen LogP contribution in [0.25, 0.3) is 0 Å². The summed E-state index contributed by atoms with van der Waals surface area (Å²) in [4.78, 5) is 0. The molecule has 0 bridgehead atoms. The van der Waals surface area contributed by atoms with Gasteiger partial charge in [-0.25, -0.2) is 13.2 Å². The van der Waals surface area contributed by atoms with Crippen molar-refractivity contribution in [2.75, 3.05) is 6.61 Å². The predicted octanol–water partition coefficient (Wildman–Crippen LogP) is 7.94. The zero-order chi connectivity index (χ0) is 24.1. The van der Waals surface area contributed by atoms with E-state index in [-0.39, 0.29) is 17.0 Å². The summed E-state index contributed by atoms with van der Waals surface area (Å²) < 4.78 is 49.7. The van der Waals surface area contributed by atoms with E-state index in [9.17, 15) is 8.78 Å². The fourth-order valence-electron chi connectivity index (χ4n) is 5.46. The summed E-state index contributed by atoms with van der Waals surface area (Å²) in [5.41, 5.74) is 0.492. The van der Waals surface area contributed by atoms with Gasteiger partial charge in [0.1, 0.15) is 18.2 Å². The molecule has 4 unspecified atom stereocenters. The highest BCUT2D eigenvalue weighted by atomic mass is 19.2. The SMILES string of the molecule is C=CC1CCC2CC(c3ccc(C#Cc4ccc(OC/C=C/C)cc4F)c(F)c3F)CCC2C1. The minimum Gasteiger partial charge on any atom is -0.489 e. The third-order valence-corrected chi connectivity index (χ3v) is 7.39. The predicted molar refractivity (Wildman–Crippen MR) is 130 cm³/mol. The van der Waals surface area contributed by atoms with Crippen molar-refractivity contribution in [1.29, 1.82) is 0 Å². The molecule has 178 valence electrons. The van der Waals surface area contributed by atoms with Crippen LogP contribution in [0.1, 0.15) is 68.1 Å². The topological polar surface area (TPSA) is 9.23 Å². The van der Waals surface area contributed by atoms with Crippen molar-refractivity contribution < 1.29 is 17.9 Å². The maximum atomic E-state index is 15.0. The van der Waals surface area contributed by atoms with Gasteiger partial charge in [-0.15, -0.1) is 6.58 Å². The second-order valence-corrected chi connectivity index (χ2v) is 9.44. The van der Waals surface area contributed by atoms with Crippen molar-refractivity contribution >= 4 is 0 Å². The monoisotopic (exact) mass is 464 g/mol. The number of ether oxygens (including phenoxy) is 1. The average molecular weight is 465 g/mol. The van der Waals surface area contributed by atoms with Gasteiger partial charge in [0, 0.05) is 6.07 Å². The Hall–Kier alpha value is -2.93. The third kappa shape index (κ3) is 5.41. The van der Waals surface area contributed by atoms with E-state index in [4.69, 9.17) is 4.74 Å². The highest BCUT2D eigenvalue weighted by Crippen LogP contribution is 2.48. The Morgan fingerprint density at radius 2 is 1.68 bits per heavy atom. The van der Waals surface area contributed by atoms with E-state index in [0.29, 0.717) is 35.7 Å². The number of rotatable bonds is 5. The van der Waals surface area contributed by atoms with Gasteiger partial charge in [0.2, 0.25) is 0 Å². The van der Waals surface area contributed by atoms with E-state index in [1.54, 1.807) is 12.1 Å². The molecule has 2 aliphatic rings. The van der Waals surface area contributed by atoms with Crippen molar-refractivity contribution in [2.24, 2.45) is 17.8 Å². The Morgan fingerprint density at radius 3 is 2.44 bits per heavy atom. The van der Waals surface area contributed by atoms with Gasteiger partial charge in [0.15, 0.2) is 11.6 Å². The molecule has 2 aliphatic carbocycles. The molecular formula is C30H31F3O. The summed E-state index contributed by atoms with van der Waals surface area (Å²) in [5, 5.41) is 0. The van der Waals surface area contributed by atoms with E-state index in [1.165, 1.54) is 24.6 Å². The molecule has 4 rings (SSSR count). The molecule has 0 amide bonds. The number of hydrogen-bond donors (Lipinski definition) is 0. The van der Waals surface area contributed by atoms with Crippen LogP contribution in [-0.4, -0.2) is 6.61 Å². The third-order valence-electron chi connectivity index (χ3n) is 7.39. The molecule has 0 radical (unpaired) electrons. The Kier molecular flexibility index (Phi) is 7.83. The van der Waals surface area contributed by atoms with Gasteiger partial charge in [-0.3, -0.25) is 0 Å². The zero-order valence-corrected chi connectivity index (χ0v) is 19.6. The fourth-order valence-corrected chi connectivity index (χ4v) is 5.46. The molecule has 0 aliphatic heterocycles. The minimum atomic E-state index is -0.950. The lowest BCUT2D eigenvalue weighted by Crippen LogP contribution is -2.30. The number of fused-ring (bicyclic) bond motifs is 1. The molecule has 4 heteroatoms. The smallest absolute Gasteiger partial charge is 0.174 e. The van der Waals surface area contributed by atoms with Crippen LogP contribution in [0.4, 0.5) is 13.2 Å². The van der Waals surface area contributed by atoms with Gasteiger partial charge in [0.05, 0.1) is 11.1 Å². The molecule has 2 saturated carbocycles. The van der Waals surface area contributed by atoms with Gasteiger partial charge in [0.25, 0.3) is 0 Å². The van der Waals surface area contributed by atoms with Crippen molar-refractivity contribution in [2.45, 2.75) is 51.4 Å². The van der Waals surface area contributed by atoms with Crippen molar-refractivity contribution in [3.63, 3.8) is 0 Å². The molecule has 4 atom stereocenters. The number of benzene rings is 2. The molecule has 0 heterocycles. The number of allylic oxidation sites excluding steroid dienone is 2. The minimum absolute atomic E-state index is 0.0329. The highest BCUT2D eigenvalue weighted by molar-refractivity contribution is 5.47. The average Bonchev–Trinajstić information content (AvgIpc) is 2.85. The van der Waals surface area contributed by atoms with Crippen LogP contribution >= 0.6 is 0 Å². The summed E-state index contributed by atoms with van der Waals surface area (Å²) >= 11 is 0. The lowest BCUT2D eigenvalue weighted by atomic mass is 9.64. The summed E-state index contributed by atoms with van der Waals surface area (Å²) in [7, 11) is 0. The first-order valence-corrected chi connectivity index (χ1v) is 12.2. The first-order valence-electron chi connectivity index (χ1n) is 12.2. The van der Waals surface area contributed by atoms with Gasteiger partial charge in [-0.1, -0.05) is 36.1 Å². The lowest BCUT2D eigenvalue weighted by molar-refractivity contribution is 0.132. The molecular weight excluding hydrogens is 433 g/mol. The lowest BCUT2D eigenvalue weighted by Gasteiger charge is -2.41. The Morgan fingerprint density at radius 1 is 0.941 bits per heavy atom. The normalized spacial score (nSPS) is 24.2. The van der Waals surface area contributed by atoms with Gasteiger partial charge < -0.3 is 4.74 Å². The first kappa shape index (κ1) is 24.2. The van der Waals surface area contributed by atoms with Crippen molar-refractivity contribution in [1.82, 2.24) is 0 Å². The van der Waals surface area contributed by atoms with Crippen LogP contribution in [-0.2, 0) is 0 Å². The molecule has 1 nitrogen and oxygen atoms in total.